The molecule has 0 saturated carbocycles. The van der Waals surface area contributed by atoms with Crippen LogP contribution in [0.4, 0.5) is 0 Å². The number of likely N-dealkylation sites (tertiary alicyclic amines) is 1. The maximum absolute atomic E-state index is 12.7. The summed E-state index contributed by atoms with van der Waals surface area (Å²) in [5.74, 6) is -1.99. The molecule has 1 aromatic rings. The third kappa shape index (κ3) is 3.01. The Kier molecular flexibility index (Phi) is 4.98. The highest BCUT2D eigenvalue weighted by Gasteiger charge is 2.66. The Labute approximate surface area is 147 Å². The highest BCUT2D eigenvalue weighted by atomic mass is 79.9. The first-order chi connectivity index (χ1) is 11.2. The second kappa shape index (κ2) is 6.64. The molecular weight excluding hydrogens is 380 g/mol. The van der Waals surface area contributed by atoms with Gasteiger partial charge in [0.15, 0.2) is 11.0 Å². The number of halogens is 1. The SMILES string of the molecule is C=C(C)C(C(=O)O)N1C(=O)C(NC(C)=O)(Oc2ccccc2)C1Br. The van der Waals surface area contributed by atoms with Crippen LogP contribution in [0.1, 0.15) is 13.8 Å². The van der Waals surface area contributed by atoms with Gasteiger partial charge in [-0.05, 0) is 24.6 Å². The van der Waals surface area contributed by atoms with Crippen LogP contribution in [0.2, 0.25) is 0 Å². The summed E-state index contributed by atoms with van der Waals surface area (Å²) < 4.78 is 5.72. The summed E-state index contributed by atoms with van der Waals surface area (Å²) in [7, 11) is 0. The quantitative estimate of drug-likeness (QED) is 0.249. The largest absolute Gasteiger partial charge is 0.479 e. The molecule has 1 heterocycles. The maximum Gasteiger partial charge on any atom is 0.330 e. The third-order valence-corrected chi connectivity index (χ3v) is 4.58. The first-order valence-corrected chi connectivity index (χ1v) is 8.00. The van der Waals surface area contributed by atoms with E-state index in [4.69, 9.17) is 4.74 Å². The molecule has 0 aromatic heterocycles. The number of para-hydroxylation sites is 1. The zero-order valence-electron chi connectivity index (χ0n) is 13.2. The lowest BCUT2D eigenvalue weighted by molar-refractivity contribution is -0.188. The molecule has 1 fully saturated rings. The standard InChI is InChI=1S/C16H17BrN2O5/c1-9(2)12(13(21)22)19-14(17)16(15(19)23,18-10(3)20)24-11-7-5-4-6-8-11/h4-8,12,14H,1H2,2-3H3,(H,18,20)(H,21,22). The lowest BCUT2D eigenvalue weighted by Crippen LogP contribution is -2.83. The Morgan fingerprint density at radius 1 is 1.38 bits per heavy atom. The van der Waals surface area contributed by atoms with E-state index in [2.05, 4.69) is 27.8 Å². The number of benzene rings is 1. The predicted octanol–water partition coefficient (Wildman–Crippen LogP) is 1.49. The van der Waals surface area contributed by atoms with Crippen LogP contribution in [0.25, 0.3) is 0 Å². The first kappa shape index (κ1) is 18.0. The van der Waals surface area contributed by atoms with Crippen molar-refractivity contribution in [3.8, 4) is 5.75 Å². The van der Waals surface area contributed by atoms with Crippen LogP contribution in [0, 0.1) is 0 Å². The van der Waals surface area contributed by atoms with Gasteiger partial charge in [0.05, 0.1) is 0 Å². The fraction of sp³-hybridized carbons (Fsp3) is 0.312. The van der Waals surface area contributed by atoms with E-state index in [-0.39, 0.29) is 5.57 Å². The van der Waals surface area contributed by atoms with Crippen molar-refractivity contribution < 1.29 is 24.2 Å². The van der Waals surface area contributed by atoms with Gasteiger partial charge in [0.2, 0.25) is 5.91 Å². The summed E-state index contributed by atoms with van der Waals surface area (Å²) in [6.07, 6.45) is 0. The summed E-state index contributed by atoms with van der Waals surface area (Å²) in [6, 6.07) is 7.26. The number of carboxylic acids is 1. The van der Waals surface area contributed by atoms with Gasteiger partial charge in [-0.1, -0.05) is 40.7 Å². The van der Waals surface area contributed by atoms with Gasteiger partial charge in [-0.3, -0.25) is 9.59 Å². The highest BCUT2D eigenvalue weighted by molar-refractivity contribution is 9.09. The van der Waals surface area contributed by atoms with Crippen LogP contribution in [0.5, 0.6) is 5.75 Å². The minimum absolute atomic E-state index is 0.288. The summed E-state index contributed by atoms with van der Waals surface area (Å²) in [5.41, 5.74) is -1.42. The smallest absolute Gasteiger partial charge is 0.330 e. The minimum Gasteiger partial charge on any atom is -0.479 e. The van der Waals surface area contributed by atoms with E-state index in [1.165, 1.54) is 13.8 Å². The molecule has 2 N–H and O–H groups in total. The molecule has 1 aliphatic heterocycles. The van der Waals surface area contributed by atoms with Crippen LogP contribution >= 0.6 is 15.9 Å². The number of nitrogens with zero attached hydrogens (tertiary/aromatic N) is 1. The van der Waals surface area contributed by atoms with Crippen molar-refractivity contribution in [2.24, 2.45) is 0 Å². The Morgan fingerprint density at radius 2 is 1.96 bits per heavy atom. The monoisotopic (exact) mass is 396 g/mol. The van der Waals surface area contributed by atoms with Gasteiger partial charge in [0, 0.05) is 6.92 Å². The average Bonchev–Trinajstić information content (AvgIpc) is 2.50. The second-order valence-corrected chi connectivity index (χ2v) is 6.33. The van der Waals surface area contributed by atoms with Crippen molar-refractivity contribution in [3.05, 3.63) is 42.5 Å². The molecule has 3 unspecified atom stereocenters. The van der Waals surface area contributed by atoms with Gasteiger partial charge >= 0.3 is 5.97 Å². The molecule has 3 atom stereocenters. The zero-order valence-corrected chi connectivity index (χ0v) is 14.7. The van der Waals surface area contributed by atoms with Crippen molar-refractivity contribution in [1.82, 2.24) is 10.2 Å². The number of β-lactam (4-membered cyclic amide) rings is 1. The Balaban J connectivity index is 2.36. The topological polar surface area (TPSA) is 95.9 Å². The number of hydrogen-bond acceptors (Lipinski definition) is 4. The summed E-state index contributed by atoms with van der Waals surface area (Å²) in [5, 5.41) is 11.8. The number of hydrogen-bond donors (Lipinski definition) is 2. The Morgan fingerprint density at radius 3 is 2.38 bits per heavy atom. The van der Waals surface area contributed by atoms with E-state index < -0.39 is 34.5 Å². The van der Waals surface area contributed by atoms with Gasteiger partial charge in [0.25, 0.3) is 11.6 Å². The molecule has 128 valence electrons. The molecule has 0 spiro atoms. The summed E-state index contributed by atoms with van der Waals surface area (Å²) >= 11 is 3.27. The van der Waals surface area contributed by atoms with Gasteiger partial charge in [-0.2, -0.15) is 0 Å². The maximum atomic E-state index is 12.7. The van der Waals surface area contributed by atoms with Gasteiger partial charge in [-0.25, -0.2) is 4.79 Å². The number of ether oxygens (including phenoxy) is 1. The van der Waals surface area contributed by atoms with Crippen molar-refractivity contribution in [2.75, 3.05) is 0 Å². The van der Waals surface area contributed by atoms with Gasteiger partial charge in [-0.15, -0.1) is 0 Å². The molecule has 2 amide bonds. The van der Waals surface area contributed by atoms with Gasteiger partial charge in [0.1, 0.15) is 5.75 Å². The molecule has 24 heavy (non-hydrogen) atoms. The van der Waals surface area contributed by atoms with E-state index >= 15 is 0 Å². The fourth-order valence-electron chi connectivity index (χ4n) is 2.51. The number of alkyl halides is 1. The molecule has 0 bridgehead atoms. The lowest BCUT2D eigenvalue weighted by Gasteiger charge is -2.53. The van der Waals surface area contributed by atoms with E-state index in [0.29, 0.717) is 5.75 Å². The average molecular weight is 397 g/mol. The molecule has 8 heteroatoms. The molecular formula is C16H17BrN2O5. The molecule has 7 nitrogen and oxygen atoms in total. The zero-order chi connectivity index (χ0) is 18.1. The van der Waals surface area contributed by atoms with E-state index in [0.717, 1.165) is 4.90 Å². The van der Waals surface area contributed by atoms with Crippen molar-refractivity contribution >= 4 is 33.7 Å². The second-order valence-electron chi connectivity index (χ2n) is 5.47. The molecule has 0 aliphatic carbocycles. The number of carbonyl (C=O) groups excluding carboxylic acids is 2. The molecule has 1 aliphatic rings. The van der Waals surface area contributed by atoms with Crippen molar-refractivity contribution in [1.29, 1.82) is 0 Å². The number of carboxylic acid groups (broad SMARTS) is 1. The highest BCUT2D eigenvalue weighted by Crippen LogP contribution is 2.40. The Bertz CT molecular complexity index is 679. The molecule has 1 saturated heterocycles. The minimum atomic E-state index is -1.71. The van der Waals surface area contributed by atoms with Gasteiger partial charge < -0.3 is 20.1 Å². The van der Waals surface area contributed by atoms with Crippen LogP contribution in [-0.4, -0.2) is 44.5 Å². The fourth-order valence-corrected chi connectivity index (χ4v) is 3.33. The van der Waals surface area contributed by atoms with Crippen molar-refractivity contribution in [3.63, 3.8) is 0 Å². The van der Waals surface area contributed by atoms with Crippen LogP contribution in [0.15, 0.2) is 42.5 Å². The molecule has 1 aromatic carbocycles. The molecule has 2 rings (SSSR count). The number of carbonyl (C=O) groups is 3. The van der Waals surface area contributed by atoms with Crippen molar-refractivity contribution in [2.45, 2.75) is 30.6 Å². The summed E-state index contributed by atoms with van der Waals surface area (Å²) in [6.45, 7) is 6.38. The van der Waals surface area contributed by atoms with Crippen LogP contribution < -0.4 is 10.1 Å². The van der Waals surface area contributed by atoms with Crippen LogP contribution in [-0.2, 0) is 14.4 Å². The summed E-state index contributed by atoms with van der Waals surface area (Å²) in [4.78, 5) is 35.9. The van der Waals surface area contributed by atoms with E-state index in [9.17, 15) is 19.5 Å². The lowest BCUT2D eigenvalue weighted by atomic mass is 9.96. The normalized spacial score (nSPS) is 23.9. The van der Waals surface area contributed by atoms with E-state index in [1.807, 2.05) is 0 Å². The van der Waals surface area contributed by atoms with Crippen LogP contribution in [0.3, 0.4) is 0 Å². The number of rotatable bonds is 6. The first-order valence-electron chi connectivity index (χ1n) is 7.08. The number of nitrogens with one attached hydrogen (secondary N) is 1. The number of aliphatic carboxylic acids is 1. The Hall–Kier alpha value is -2.35. The third-order valence-electron chi connectivity index (χ3n) is 3.49. The molecule has 0 radical (unpaired) electrons. The predicted molar refractivity (Wildman–Crippen MR) is 89.4 cm³/mol. The number of amides is 2. The van der Waals surface area contributed by atoms with E-state index in [1.54, 1.807) is 30.3 Å².